The maximum absolute atomic E-state index is 11.3. The molecule has 0 unspecified atom stereocenters. The first-order valence-corrected chi connectivity index (χ1v) is 17.5. The minimum absolute atomic E-state index is 0.0741. The van der Waals surface area contributed by atoms with Crippen LogP contribution in [0, 0.1) is 0 Å². The lowest BCUT2D eigenvalue weighted by molar-refractivity contribution is 0.312. The number of nitrogens with one attached hydrogen (secondary N) is 1. The Hall–Kier alpha value is -4.00. The summed E-state index contributed by atoms with van der Waals surface area (Å²) in [5.41, 5.74) is 5.96. The van der Waals surface area contributed by atoms with Gasteiger partial charge in [-0.25, -0.2) is 9.97 Å². The van der Waals surface area contributed by atoms with Crippen LogP contribution >= 0.6 is 11.6 Å². The SMILES string of the molecule is COc1ccc2nc3cc(Cl)ccc3c(Nc3cc(CN4CCCC4)c(O)c(CN4CCCC4)c3)c2n1.O=S(=O)(O)c1ccccc1. The molecule has 47 heavy (non-hydrogen) atoms. The third kappa shape index (κ3) is 7.94. The number of methoxy groups -OCH3 is 1. The maximum Gasteiger partial charge on any atom is 0.294 e. The van der Waals surface area contributed by atoms with Crippen molar-refractivity contribution in [3.63, 3.8) is 0 Å². The van der Waals surface area contributed by atoms with E-state index in [0.717, 1.165) is 83.7 Å². The van der Waals surface area contributed by atoms with Crippen molar-refractivity contribution in [2.24, 2.45) is 0 Å². The van der Waals surface area contributed by atoms with Gasteiger partial charge in [0.15, 0.2) is 0 Å². The van der Waals surface area contributed by atoms with Gasteiger partial charge in [-0.2, -0.15) is 8.42 Å². The van der Waals surface area contributed by atoms with Gasteiger partial charge in [-0.15, -0.1) is 0 Å². The van der Waals surface area contributed by atoms with Gasteiger partial charge >= 0.3 is 0 Å². The number of anilines is 2. The Bertz CT molecular complexity index is 1940. The van der Waals surface area contributed by atoms with Crippen LogP contribution in [0.2, 0.25) is 5.02 Å². The zero-order chi connectivity index (χ0) is 33.0. The number of benzene rings is 3. The van der Waals surface area contributed by atoms with Gasteiger partial charge in [0.25, 0.3) is 10.1 Å². The first-order valence-electron chi connectivity index (χ1n) is 15.7. The summed E-state index contributed by atoms with van der Waals surface area (Å²) in [6.45, 7) is 5.78. The highest BCUT2D eigenvalue weighted by Gasteiger charge is 2.21. The zero-order valence-electron chi connectivity index (χ0n) is 26.2. The summed E-state index contributed by atoms with van der Waals surface area (Å²) in [7, 11) is -2.39. The van der Waals surface area contributed by atoms with E-state index in [0.29, 0.717) is 16.7 Å². The predicted molar refractivity (Wildman–Crippen MR) is 185 cm³/mol. The molecule has 10 nitrogen and oxygen atoms in total. The smallest absolute Gasteiger partial charge is 0.294 e. The number of aromatic nitrogens is 2. The minimum Gasteiger partial charge on any atom is -0.507 e. The maximum atomic E-state index is 11.3. The van der Waals surface area contributed by atoms with E-state index in [9.17, 15) is 13.5 Å². The molecule has 0 aliphatic carbocycles. The third-order valence-corrected chi connectivity index (χ3v) is 9.63. The quantitative estimate of drug-likeness (QED) is 0.0897. The second kappa shape index (κ2) is 14.4. The second-order valence-electron chi connectivity index (χ2n) is 11.9. The van der Waals surface area contributed by atoms with Gasteiger partial charge in [0, 0.05) is 46.4 Å². The summed E-state index contributed by atoms with van der Waals surface area (Å²) in [4.78, 5) is 14.3. The van der Waals surface area contributed by atoms with E-state index in [4.69, 9.17) is 30.9 Å². The van der Waals surface area contributed by atoms with Crippen molar-refractivity contribution in [3.8, 4) is 11.6 Å². The number of phenols is 1. The fourth-order valence-electron chi connectivity index (χ4n) is 6.19. The van der Waals surface area contributed by atoms with E-state index in [-0.39, 0.29) is 4.90 Å². The number of rotatable bonds is 8. The molecule has 0 spiro atoms. The molecule has 246 valence electrons. The molecule has 2 saturated heterocycles. The third-order valence-electron chi connectivity index (χ3n) is 8.53. The molecule has 2 aliphatic rings. The number of hydrogen-bond donors (Lipinski definition) is 3. The summed E-state index contributed by atoms with van der Waals surface area (Å²) in [6, 6.07) is 21.0. The van der Waals surface area contributed by atoms with Crippen molar-refractivity contribution in [1.29, 1.82) is 0 Å². The summed E-state index contributed by atoms with van der Waals surface area (Å²) in [6.07, 6.45) is 4.85. The van der Waals surface area contributed by atoms with Crippen LogP contribution in [0.4, 0.5) is 11.4 Å². The van der Waals surface area contributed by atoms with Crippen molar-refractivity contribution in [1.82, 2.24) is 19.8 Å². The van der Waals surface area contributed by atoms with Gasteiger partial charge in [-0.05, 0) is 100 Å². The van der Waals surface area contributed by atoms with Crippen molar-refractivity contribution >= 4 is 55.0 Å². The molecule has 12 heteroatoms. The fourth-order valence-corrected chi connectivity index (χ4v) is 6.86. The fraction of sp³-hybridized carbons (Fsp3) is 0.314. The number of phenolic OH excluding ortho intramolecular Hbond substituents is 1. The summed E-state index contributed by atoms with van der Waals surface area (Å²) in [5.74, 6) is 0.946. The first kappa shape index (κ1) is 32.9. The molecule has 4 heterocycles. The number of nitrogens with zero attached hydrogens (tertiary/aromatic N) is 4. The molecular weight excluding hydrogens is 638 g/mol. The number of hydrogen-bond acceptors (Lipinski definition) is 9. The van der Waals surface area contributed by atoms with E-state index in [2.05, 4.69) is 27.2 Å². The van der Waals surface area contributed by atoms with Crippen molar-refractivity contribution < 1.29 is 22.8 Å². The van der Waals surface area contributed by atoms with E-state index < -0.39 is 10.1 Å². The van der Waals surface area contributed by atoms with Crippen LogP contribution in [-0.4, -0.2) is 71.1 Å². The van der Waals surface area contributed by atoms with Crippen LogP contribution < -0.4 is 10.1 Å². The van der Waals surface area contributed by atoms with Gasteiger partial charge in [0.2, 0.25) is 5.88 Å². The van der Waals surface area contributed by atoms with E-state index in [1.165, 1.54) is 37.8 Å². The molecule has 0 saturated carbocycles. The number of pyridine rings is 2. The minimum atomic E-state index is -4.00. The Kier molecular flexibility index (Phi) is 10.1. The van der Waals surface area contributed by atoms with Crippen LogP contribution in [0.3, 0.4) is 0 Å². The molecule has 5 aromatic rings. The molecule has 0 amide bonds. The van der Waals surface area contributed by atoms with Gasteiger partial charge in [-0.1, -0.05) is 29.8 Å². The predicted octanol–water partition coefficient (Wildman–Crippen LogP) is 7.02. The van der Waals surface area contributed by atoms with Crippen LogP contribution in [0.25, 0.3) is 21.9 Å². The standard InChI is InChI=1S/C29H32ClN5O2.C6H6O3S/c1-37-26-9-8-24-28(33-26)27(23-7-6-21(30)16-25(23)32-24)31-22-14-19(17-34-10-2-3-11-34)29(36)20(15-22)18-35-12-4-5-13-35;7-10(8,9)6-4-2-1-3-5-6/h6-9,14-16,36H,2-5,10-13,17-18H2,1H3,(H,31,32);1-5H,(H,7,8,9). The molecule has 2 aliphatic heterocycles. The molecule has 2 aromatic heterocycles. The highest BCUT2D eigenvalue weighted by atomic mass is 35.5. The average Bonchev–Trinajstić information content (AvgIpc) is 3.78. The zero-order valence-corrected chi connectivity index (χ0v) is 27.8. The van der Waals surface area contributed by atoms with Gasteiger partial charge < -0.3 is 15.2 Å². The number of fused-ring (bicyclic) bond motifs is 2. The first-order chi connectivity index (χ1) is 22.7. The van der Waals surface area contributed by atoms with Crippen LogP contribution in [-0.2, 0) is 23.2 Å². The molecule has 0 atom stereocenters. The lowest BCUT2D eigenvalue weighted by Gasteiger charge is -2.22. The number of likely N-dealkylation sites (tertiary alicyclic amines) is 2. The molecule has 2 fully saturated rings. The largest absolute Gasteiger partial charge is 0.507 e. The van der Waals surface area contributed by atoms with E-state index in [1.54, 1.807) is 25.3 Å². The highest BCUT2D eigenvalue weighted by Crippen LogP contribution is 2.37. The molecule has 0 bridgehead atoms. The molecule has 3 N–H and O–H groups in total. The Morgan fingerprint density at radius 2 is 1.45 bits per heavy atom. The number of halogens is 1. The Balaban J connectivity index is 0.000000332. The Morgan fingerprint density at radius 1 is 0.830 bits per heavy atom. The molecule has 0 radical (unpaired) electrons. The van der Waals surface area contributed by atoms with Crippen molar-refractivity contribution in [2.75, 3.05) is 38.6 Å². The van der Waals surface area contributed by atoms with E-state index >= 15 is 0 Å². The second-order valence-corrected chi connectivity index (χ2v) is 13.8. The van der Waals surface area contributed by atoms with Crippen LogP contribution in [0.15, 0.2) is 77.7 Å². The van der Waals surface area contributed by atoms with Gasteiger partial charge in [0.05, 0.1) is 28.7 Å². The van der Waals surface area contributed by atoms with Crippen LogP contribution in [0.1, 0.15) is 36.8 Å². The summed E-state index contributed by atoms with van der Waals surface area (Å²) in [5, 5.41) is 16.5. The monoisotopic (exact) mass is 675 g/mol. The van der Waals surface area contributed by atoms with Gasteiger partial charge in [-0.3, -0.25) is 14.4 Å². The Morgan fingerprint density at radius 3 is 2.00 bits per heavy atom. The molecular formula is C35H38ClN5O5S. The topological polar surface area (TPSA) is 128 Å². The molecule has 3 aromatic carbocycles. The van der Waals surface area contributed by atoms with Crippen molar-refractivity contribution in [3.05, 3.63) is 88.9 Å². The summed E-state index contributed by atoms with van der Waals surface area (Å²) >= 11 is 6.32. The van der Waals surface area contributed by atoms with Crippen molar-refractivity contribution in [2.45, 2.75) is 43.7 Å². The molecule has 7 rings (SSSR count). The lowest BCUT2D eigenvalue weighted by Crippen LogP contribution is -2.20. The van der Waals surface area contributed by atoms with Crippen LogP contribution in [0.5, 0.6) is 11.6 Å². The number of ether oxygens (including phenoxy) is 1. The lowest BCUT2D eigenvalue weighted by atomic mass is 10.0. The average molecular weight is 676 g/mol. The van der Waals surface area contributed by atoms with Gasteiger partial charge in [0.1, 0.15) is 11.3 Å². The number of aromatic hydroxyl groups is 1. The highest BCUT2D eigenvalue weighted by molar-refractivity contribution is 7.85. The summed E-state index contributed by atoms with van der Waals surface area (Å²) < 4.78 is 34.7. The Labute approximate surface area is 279 Å². The normalized spacial score (nSPS) is 15.6. The van der Waals surface area contributed by atoms with E-state index in [1.807, 2.05) is 30.3 Å².